The van der Waals surface area contributed by atoms with Crippen molar-refractivity contribution >= 4 is 29.4 Å². The molecule has 0 spiro atoms. The maximum absolute atomic E-state index is 14.0. The number of rotatable bonds is 6. The van der Waals surface area contributed by atoms with Crippen LogP contribution in [0.2, 0.25) is 5.02 Å². The molecule has 1 saturated heterocycles. The Morgan fingerprint density at radius 3 is 2.58 bits per heavy atom. The normalized spacial score (nSPS) is 23.9. The van der Waals surface area contributed by atoms with Crippen LogP contribution in [0.15, 0.2) is 30.5 Å². The lowest BCUT2D eigenvalue weighted by Gasteiger charge is -2.45. The van der Waals surface area contributed by atoms with E-state index in [9.17, 15) is 19.5 Å². The number of carboxylic acid groups (broad SMARTS) is 1. The van der Waals surface area contributed by atoms with Crippen LogP contribution in [0.25, 0.3) is 0 Å². The summed E-state index contributed by atoms with van der Waals surface area (Å²) in [7, 11) is 0. The highest BCUT2D eigenvalue weighted by Gasteiger charge is 2.45. The summed E-state index contributed by atoms with van der Waals surface area (Å²) in [5, 5.41) is 18.3. The maximum atomic E-state index is 14.0. The Balaban J connectivity index is 1.54. The number of carbonyl (C=O) groups excluding carboxylic acids is 2. The molecule has 1 saturated carbocycles. The van der Waals surface area contributed by atoms with Gasteiger partial charge in [0.1, 0.15) is 24.2 Å². The van der Waals surface area contributed by atoms with Gasteiger partial charge in [-0.2, -0.15) is 10.2 Å². The second-order valence-electron chi connectivity index (χ2n) is 9.62. The van der Waals surface area contributed by atoms with Crippen molar-refractivity contribution in [2.24, 2.45) is 11.8 Å². The summed E-state index contributed by atoms with van der Waals surface area (Å²) in [6, 6.07) is 7.12. The van der Waals surface area contributed by atoms with Gasteiger partial charge in [-0.3, -0.25) is 14.4 Å². The first-order valence-corrected chi connectivity index (χ1v) is 12.9. The second kappa shape index (κ2) is 10.4. The Morgan fingerprint density at radius 2 is 1.89 bits per heavy atom. The number of ether oxygens (including phenoxy) is 1. The number of nitrogens with zero attached hydrogens (tertiary/aromatic N) is 4. The zero-order chi connectivity index (χ0) is 25.2. The number of aliphatic carboxylic acids is 1. The molecule has 1 aliphatic carbocycles. The van der Waals surface area contributed by atoms with E-state index in [1.54, 1.807) is 34.2 Å². The number of carboxylic acids is 1. The molecule has 2 aromatic rings. The quantitative estimate of drug-likeness (QED) is 0.629. The summed E-state index contributed by atoms with van der Waals surface area (Å²) in [5.74, 6) is -1.98. The van der Waals surface area contributed by atoms with E-state index in [1.165, 1.54) is 0 Å². The Morgan fingerprint density at radius 1 is 1.08 bits per heavy atom. The van der Waals surface area contributed by atoms with Crippen molar-refractivity contribution in [1.29, 1.82) is 0 Å². The van der Waals surface area contributed by atoms with Gasteiger partial charge in [0.05, 0.1) is 11.8 Å². The van der Waals surface area contributed by atoms with Crippen molar-refractivity contribution in [3.05, 3.63) is 52.3 Å². The Kier molecular flexibility index (Phi) is 7.09. The van der Waals surface area contributed by atoms with Gasteiger partial charge in [0, 0.05) is 36.3 Å². The predicted molar refractivity (Wildman–Crippen MR) is 130 cm³/mol. The fraction of sp³-hybridized carbons (Fsp3) is 0.500. The molecule has 1 aromatic carbocycles. The minimum atomic E-state index is -0.935. The largest absolute Gasteiger partial charge is 0.487 e. The molecule has 2 aliphatic heterocycles. The second-order valence-corrected chi connectivity index (χ2v) is 10.0. The van der Waals surface area contributed by atoms with Crippen molar-refractivity contribution in [2.45, 2.75) is 57.7 Å². The Hall–Kier alpha value is -3.20. The van der Waals surface area contributed by atoms with Crippen LogP contribution >= 0.6 is 11.6 Å². The third kappa shape index (κ3) is 4.64. The van der Waals surface area contributed by atoms with Gasteiger partial charge in [0.2, 0.25) is 11.8 Å². The van der Waals surface area contributed by atoms with Gasteiger partial charge < -0.3 is 19.6 Å². The Bertz CT molecular complexity index is 1160. The van der Waals surface area contributed by atoms with Crippen LogP contribution in [0.3, 0.4) is 0 Å². The molecule has 36 heavy (non-hydrogen) atoms. The van der Waals surface area contributed by atoms with E-state index in [0.717, 1.165) is 18.4 Å². The number of benzene rings is 1. The number of likely N-dealkylation sites (tertiary alicyclic amines) is 1. The molecule has 2 fully saturated rings. The summed E-state index contributed by atoms with van der Waals surface area (Å²) in [6.07, 6.45) is 5.13. The van der Waals surface area contributed by atoms with Gasteiger partial charge in [0.15, 0.2) is 0 Å². The smallest absolute Gasteiger partial charge is 0.307 e. The molecule has 2 unspecified atom stereocenters. The SMILES string of the molecule is O=C(O)C1CCCCC1C(=O)N1CCc2c(Cl)ccc(OCc3cccnn3)c2[C@H]1N1CCCC1=O. The molecule has 3 heterocycles. The summed E-state index contributed by atoms with van der Waals surface area (Å²) in [6.45, 7) is 1.03. The minimum absolute atomic E-state index is 0.0380. The van der Waals surface area contributed by atoms with E-state index < -0.39 is 24.0 Å². The number of hydrogen-bond donors (Lipinski definition) is 1. The van der Waals surface area contributed by atoms with E-state index in [2.05, 4.69) is 10.2 Å². The first-order valence-electron chi connectivity index (χ1n) is 12.5. The predicted octanol–water partition coefficient (Wildman–Crippen LogP) is 3.61. The summed E-state index contributed by atoms with van der Waals surface area (Å²) in [4.78, 5) is 42.3. The molecule has 1 aromatic heterocycles. The highest BCUT2D eigenvalue weighted by atomic mass is 35.5. The third-order valence-corrected chi connectivity index (χ3v) is 7.86. The average molecular weight is 513 g/mol. The monoisotopic (exact) mass is 512 g/mol. The van der Waals surface area contributed by atoms with Gasteiger partial charge >= 0.3 is 5.97 Å². The standard InChI is InChI=1S/C26H29ClN4O5/c27-20-9-10-21(36-15-16-5-3-12-28-29-16)23-19(20)11-14-31(24(23)30-13-4-8-22(30)32)25(33)17-6-1-2-7-18(17)26(34)35/h3,5,9-10,12,17-18,24H,1-2,4,6-8,11,13-15H2,(H,34,35)/t17?,18?,24-/m0/s1. The molecule has 0 bridgehead atoms. The van der Waals surface area contributed by atoms with Crippen LogP contribution in [-0.4, -0.2) is 56.0 Å². The Labute approximate surface area is 214 Å². The number of halogens is 1. The molecule has 1 N–H and O–H groups in total. The van der Waals surface area contributed by atoms with Gasteiger partial charge in [-0.05, 0) is 55.5 Å². The molecule has 9 nitrogen and oxygen atoms in total. The highest BCUT2D eigenvalue weighted by Crippen LogP contribution is 2.45. The number of aromatic nitrogens is 2. The van der Waals surface area contributed by atoms with E-state index in [-0.39, 0.29) is 18.4 Å². The summed E-state index contributed by atoms with van der Waals surface area (Å²) in [5.41, 5.74) is 2.19. The molecular formula is C26H29ClN4O5. The minimum Gasteiger partial charge on any atom is -0.487 e. The number of amides is 2. The van der Waals surface area contributed by atoms with E-state index in [4.69, 9.17) is 16.3 Å². The van der Waals surface area contributed by atoms with Gasteiger partial charge in [0.25, 0.3) is 0 Å². The van der Waals surface area contributed by atoms with Gasteiger partial charge in [-0.1, -0.05) is 24.4 Å². The number of hydrogen-bond acceptors (Lipinski definition) is 6. The van der Waals surface area contributed by atoms with Crippen LogP contribution in [0.4, 0.5) is 0 Å². The lowest BCUT2D eigenvalue weighted by Crippen LogP contribution is -2.52. The first-order chi connectivity index (χ1) is 17.5. The van der Waals surface area contributed by atoms with Crippen molar-refractivity contribution in [1.82, 2.24) is 20.0 Å². The summed E-state index contributed by atoms with van der Waals surface area (Å²) < 4.78 is 6.17. The lowest BCUT2D eigenvalue weighted by atomic mass is 9.78. The fourth-order valence-corrected chi connectivity index (χ4v) is 6.03. The van der Waals surface area contributed by atoms with E-state index >= 15 is 0 Å². The van der Waals surface area contributed by atoms with Crippen LogP contribution < -0.4 is 4.74 Å². The summed E-state index contributed by atoms with van der Waals surface area (Å²) >= 11 is 6.62. The molecule has 0 radical (unpaired) electrons. The fourth-order valence-electron chi connectivity index (χ4n) is 5.77. The number of carbonyl (C=O) groups is 3. The molecule has 2 amide bonds. The molecular weight excluding hydrogens is 484 g/mol. The van der Waals surface area contributed by atoms with E-state index in [0.29, 0.717) is 67.2 Å². The van der Waals surface area contributed by atoms with Gasteiger partial charge in [-0.25, -0.2) is 0 Å². The lowest BCUT2D eigenvalue weighted by molar-refractivity contribution is -0.157. The topological polar surface area (TPSA) is 113 Å². The number of fused-ring (bicyclic) bond motifs is 1. The van der Waals surface area contributed by atoms with Crippen molar-refractivity contribution in [3.8, 4) is 5.75 Å². The molecule has 10 heteroatoms. The maximum Gasteiger partial charge on any atom is 0.307 e. The first kappa shape index (κ1) is 24.5. The highest BCUT2D eigenvalue weighted by molar-refractivity contribution is 6.31. The van der Waals surface area contributed by atoms with Crippen molar-refractivity contribution in [2.75, 3.05) is 13.1 Å². The zero-order valence-electron chi connectivity index (χ0n) is 19.9. The van der Waals surface area contributed by atoms with Crippen molar-refractivity contribution in [3.63, 3.8) is 0 Å². The molecule has 3 aliphatic rings. The third-order valence-electron chi connectivity index (χ3n) is 7.51. The van der Waals surface area contributed by atoms with Gasteiger partial charge in [-0.15, -0.1) is 0 Å². The van der Waals surface area contributed by atoms with Crippen LogP contribution in [-0.2, 0) is 27.4 Å². The van der Waals surface area contributed by atoms with Crippen LogP contribution in [0, 0.1) is 11.8 Å². The average Bonchev–Trinajstić information content (AvgIpc) is 3.33. The van der Waals surface area contributed by atoms with Crippen molar-refractivity contribution < 1.29 is 24.2 Å². The van der Waals surface area contributed by atoms with E-state index in [1.807, 2.05) is 6.07 Å². The zero-order valence-corrected chi connectivity index (χ0v) is 20.7. The molecule has 190 valence electrons. The molecule has 5 rings (SSSR count). The van der Waals surface area contributed by atoms with Crippen LogP contribution in [0.5, 0.6) is 5.75 Å². The molecule has 3 atom stereocenters. The van der Waals surface area contributed by atoms with Crippen LogP contribution in [0.1, 0.15) is 61.5 Å².